The number of benzene rings is 1. The van der Waals surface area contributed by atoms with Crippen LogP contribution in [0.1, 0.15) is 24.5 Å². The molecule has 0 saturated carbocycles. The molecule has 1 N–H and O–H groups in total. The summed E-state index contributed by atoms with van der Waals surface area (Å²) in [4.78, 5) is 19.0. The molecule has 2 aromatic rings. The SMILES string of the molecule is COc1ccc(NC(=O)CN2CCC(c3ccccn3)CC2)cc1OC. The summed E-state index contributed by atoms with van der Waals surface area (Å²) in [7, 11) is 3.17. The minimum Gasteiger partial charge on any atom is -0.493 e. The minimum atomic E-state index is -0.0199. The Morgan fingerprint density at radius 1 is 1.15 bits per heavy atom. The Kier molecular flexibility index (Phi) is 6.07. The van der Waals surface area contributed by atoms with Crippen molar-refractivity contribution < 1.29 is 14.3 Å². The first-order chi connectivity index (χ1) is 12.7. The Balaban J connectivity index is 1.50. The summed E-state index contributed by atoms with van der Waals surface area (Å²) in [6, 6.07) is 11.4. The molecule has 1 saturated heterocycles. The maximum absolute atomic E-state index is 12.3. The molecule has 1 amide bonds. The maximum atomic E-state index is 12.3. The lowest BCUT2D eigenvalue weighted by Gasteiger charge is -2.31. The Labute approximate surface area is 154 Å². The van der Waals surface area contributed by atoms with E-state index in [-0.39, 0.29) is 5.91 Å². The van der Waals surface area contributed by atoms with Crippen LogP contribution in [0.5, 0.6) is 11.5 Å². The Morgan fingerprint density at radius 3 is 2.58 bits per heavy atom. The fraction of sp³-hybridized carbons (Fsp3) is 0.400. The van der Waals surface area contributed by atoms with Gasteiger partial charge in [-0.15, -0.1) is 0 Å². The molecular formula is C20H25N3O3. The number of rotatable bonds is 6. The molecular weight excluding hydrogens is 330 g/mol. The molecule has 0 aliphatic carbocycles. The third-order valence-corrected chi connectivity index (χ3v) is 4.73. The standard InChI is InChI=1S/C20H25N3O3/c1-25-18-7-6-16(13-19(18)26-2)22-20(24)14-23-11-8-15(9-12-23)17-5-3-4-10-21-17/h3-7,10,13,15H,8-9,11-12,14H2,1-2H3,(H,22,24). The highest BCUT2D eigenvalue weighted by atomic mass is 16.5. The molecule has 1 aromatic heterocycles. The van der Waals surface area contributed by atoms with Crippen LogP contribution in [-0.4, -0.2) is 49.6 Å². The van der Waals surface area contributed by atoms with Gasteiger partial charge in [-0.1, -0.05) is 6.07 Å². The zero-order valence-corrected chi connectivity index (χ0v) is 15.3. The van der Waals surface area contributed by atoms with Gasteiger partial charge in [0.2, 0.25) is 5.91 Å². The van der Waals surface area contributed by atoms with Crippen molar-refractivity contribution in [3.05, 3.63) is 48.3 Å². The van der Waals surface area contributed by atoms with E-state index in [1.54, 1.807) is 26.4 Å². The number of likely N-dealkylation sites (tertiary alicyclic amines) is 1. The lowest BCUT2D eigenvalue weighted by Crippen LogP contribution is -2.38. The van der Waals surface area contributed by atoms with E-state index >= 15 is 0 Å². The van der Waals surface area contributed by atoms with E-state index in [0.717, 1.165) is 31.6 Å². The molecule has 6 nitrogen and oxygen atoms in total. The van der Waals surface area contributed by atoms with Crippen molar-refractivity contribution in [3.8, 4) is 11.5 Å². The molecule has 1 aromatic carbocycles. The average molecular weight is 355 g/mol. The summed E-state index contributed by atoms with van der Waals surface area (Å²) in [5.41, 5.74) is 1.86. The highest BCUT2D eigenvalue weighted by Gasteiger charge is 2.22. The summed E-state index contributed by atoms with van der Waals surface area (Å²) in [6.45, 7) is 2.20. The monoisotopic (exact) mass is 355 g/mol. The molecule has 0 atom stereocenters. The summed E-state index contributed by atoms with van der Waals surface area (Å²) in [6.07, 6.45) is 3.90. The minimum absolute atomic E-state index is 0.0199. The molecule has 138 valence electrons. The molecule has 3 rings (SSSR count). The van der Waals surface area contributed by atoms with E-state index in [0.29, 0.717) is 29.6 Å². The van der Waals surface area contributed by atoms with Gasteiger partial charge in [-0.3, -0.25) is 14.7 Å². The van der Waals surface area contributed by atoms with Crippen LogP contribution >= 0.6 is 0 Å². The van der Waals surface area contributed by atoms with E-state index in [1.807, 2.05) is 24.4 Å². The van der Waals surface area contributed by atoms with Crippen molar-refractivity contribution in [2.75, 3.05) is 39.2 Å². The number of pyridine rings is 1. The third kappa shape index (κ3) is 4.52. The van der Waals surface area contributed by atoms with Crippen LogP contribution in [0.15, 0.2) is 42.6 Å². The summed E-state index contributed by atoms with van der Waals surface area (Å²) in [5, 5.41) is 2.93. The normalized spacial score (nSPS) is 15.5. The number of nitrogens with one attached hydrogen (secondary N) is 1. The highest BCUT2D eigenvalue weighted by molar-refractivity contribution is 5.92. The number of carbonyl (C=O) groups is 1. The van der Waals surface area contributed by atoms with Gasteiger partial charge < -0.3 is 14.8 Å². The fourth-order valence-electron chi connectivity index (χ4n) is 3.32. The number of ether oxygens (including phenoxy) is 2. The number of carbonyl (C=O) groups excluding carboxylic acids is 1. The lowest BCUT2D eigenvalue weighted by molar-refractivity contribution is -0.117. The topological polar surface area (TPSA) is 63.7 Å². The molecule has 0 unspecified atom stereocenters. The highest BCUT2D eigenvalue weighted by Crippen LogP contribution is 2.30. The van der Waals surface area contributed by atoms with Crippen molar-refractivity contribution in [2.24, 2.45) is 0 Å². The Bertz CT molecular complexity index is 728. The van der Waals surface area contributed by atoms with Gasteiger partial charge in [0.1, 0.15) is 0 Å². The number of hydrogen-bond acceptors (Lipinski definition) is 5. The number of nitrogens with zero attached hydrogens (tertiary/aromatic N) is 2. The van der Waals surface area contributed by atoms with Crippen LogP contribution < -0.4 is 14.8 Å². The van der Waals surface area contributed by atoms with Crippen LogP contribution in [0.4, 0.5) is 5.69 Å². The van der Waals surface area contributed by atoms with Crippen molar-refractivity contribution >= 4 is 11.6 Å². The predicted octanol–water partition coefficient (Wildman–Crippen LogP) is 2.92. The van der Waals surface area contributed by atoms with Gasteiger partial charge >= 0.3 is 0 Å². The van der Waals surface area contributed by atoms with Crippen molar-refractivity contribution in [1.82, 2.24) is 9.88 Å². The van der Waals surface area contributed by atoms with Crippen LogP contribution in [0.25, 0.3) is 0 Å². The van der Waals surface area contributed by atoms with Gasteiger partial charge in [-0.25, -0.2) is 0 Å². The smallest absolute Gasteiger partial charge is 0.238 e. The van der Waals surface area contributed by atoms with E-state index in [2.05, 4.69) is 21.3 Å². The maximum Gasteiger partial charge on any atom is 0.238 e. The molecule has 1 fully saturated rings. The van der Waals surface area contributed by atoms with E-state index in [4.69, 9.17) is 9.47 Å². The van der Waals surface area contributed by atoms with Crippen LogP contribution in [0, 0.1) is 0 Å². The van der Waals surface area contributed by atoms with Gasteiger partial charge in [0.15, 0.2) is 11.5 Å². The van der Waals surface area contributed by atoms with Crippen LogP contribution in [0.2, 0.25) is 0 Å². The average Bonchev–Trinajstić information content (AvgIpc) is 2.69. The van der Waals surface area contributed by atoms with Crippen LogP contribution in [0.3, 0.4) is 0 Å². The molecule has 26 heavy (non-hydrogen) atoms. The number of anilines is 1. The molecule has 1 aliphatic rings. The van der Waals surface area contributed by atoms with Crippen molar-refractivity contribution in [2.45, 2.75) is 18.8 Å². The van der Waals surface area contributed by atoms with Gasteiger partial charge in [-0.05, 0) is 50.2 Å². The quantitative estimate of drug-likeness (QED) is 0.863. The van der Waals surface area contributed by atoms with Gasteiger partial charge in [0.05, 0.1) is 20.8 Å². The Morgan fingerprint density at radius 2 is 1.92 bits per heavy atom. The van der Waals surface area contributed by atoms with Gasteiger partial charge in [-0.2, -0.15) is 0 Å². The van der Waals surface area contributed by atoms with E-state index < -0.39 is 0 Å². The molecule has 6 heteroatoms. The van der Waals surface area contributed by atoms with Crippen molar-refractivity contribution in [3.63, 3.8) is 0 Å². The number of aromatic nitrogens is 1. The number of piperidine rings is 1. The first-order valence-corrected chi connectivity index (χ1v) is 8.84. The predicted molar refractivity (Wildman–Crippen MR) is 101 cm³/mol. The summed E-state index contributed by atoms with van der Waals surface area (Å²) < 4.78 is 10.5. The fourth-order valence-corrected chi connectivity index (χ4v) is 3.32. The van der Waals surface area contributed by atoms with Gasteiger partial charge in [0.25, 0.3) is 0 Å². The molecule has 0 bridgehead atoms. The molecule has 1 aliphatic heterocycles. The summed E-state index contributed by atoms with van der Waals surface area (Å²) in [5.74, 6) is 1.71. The third-order valence-electron chi connectivity index (χ3n) is 4.73. The van der Waals surface area contributed by atoms with Crippen molar-refractivity contribution in [1.29, 1.82) is 0 Å². The molecule has 2 heterocycles. The number of hydrogen-bond donors (Lipinski definition) is 1. The van der Waals surface area contributed by atoms with E-state index in [9.17, 15) is 4.79 Å². The van der Waals surface area contributed by atoms with Gasteiger partial charge in [0, 0.05) is 29.6 Å². The first kappa shape index (κ1) is 18.2. The number of amides is 1. The van der Waals surface area contributed by atoms with Crippen LogP contribution in [-0.2, 0) is 4.79 Å². The van der Waals surface area contributed by atoms with E-state index in [1.165, 1.54) is 0 Å². The number of methoxy groups -OCH3 is 2. The largest absolute Gasteiger partial charge is 0.493 e. The Hall–Kier alpha value is -2.60. The second kappa shape index (κ2) is 8.67. The second-order valence-corrected chi connectivity index (χ2v) is 6.42. The zero-order valence-electron chi connectivity index (χ0n) is 15.3. The summed E-state index contributed by atoms with van der Waals surface area (Å²) >= 11 is 0. The lowest BCUT2D eigenvalue weighted by atomic mass is 9.93. The second-order valence-electron chi connectivity index (χ2n) is 6.42. The zero-order chi connectivity index (χ0) is 18.4. The first-order valence-electron chi connectivity index (χ1n) is 8.84. The molecule has 0 spiro atoms. The molecule has 0 radical (unpaired) electrons.